The van der Waals surface area contributed by atoms with Crippen LogP contribution in [0.15, 0.2) is 70.6 Å². The van der Waals surface area contributed by atoms with E-state index in [0.717, 1.165) is 15.4 Å². The van der Waals surface area contributed by atoms with Gasteiger partial charge in [0, 0.05) is 11.1 Å². The van der Waals surface area contributed by atoms with Crippen molar-refractivity contribution in [3.05, 3.63) is 77.2 Å². The molecule has 6 heteroatoms. The Morgan fingerprint density at radius 1 is 1.08 bits per heavy atom. The van der Waals surface area contributed by atoms with E-state index in [9.17, 15) is 0 Å². The van der Waals surface area contributed by atoms with Crippen molar-refractivity contribution >= 4 is 23.4 Å². The Hall–Kier alpha value is -2.55. The Kier molecular flexibility index (Phi) is 5.32. The Bertz CT molecular complexity index is 864. The normalized spacial score (nSPS) is 10.2. The van der Waals surface area contributed by atoms with Gasteiger partial charge in [0.25, 0.3) is 0 Å². The summed E-state index contributed by atoms with van der Waals surface area (Å²) in [6, 6.07) is 19.2. The van der Waals surface area contributed by atoms with Gasteiger partial charge in [-0.15, -0.1) is 0 Å². The summed E-state index contributed by atoms with van der Waals surface area (Å²) in [6.07, 6.45) is 1.64. The van der Waals surface area contributed by atoms with E-state index in [0.29, 0.717) is 18.1 Å². The van der Waals surface area contributed by atoms with Gasteiger partial charge in [0.15, 0.2) is 0 Å². The third-order valence-electron chi connectivity index (χ3n) is 3.12. The fourth-order valence-electron chi connectivity index (χ4n) is 1.96. The fraction of sp³-hybridized carbons (Fsp3) is 0.0556. The van der Waals surface area contributed by atoms with E-state index in [1.165, 1.54) is 11.8 Å². The minimum absolute atomic E-state index is 0.141. The molecule has 3 rings (SSSR count). The number of benzene rings is 2. The summed E-state index contributed by atoms with van der Waals surface area (Å²) in [5, 5.41) is 9.00. The van der Waals surface area contributed by atoms with Crippen LogP contribution in [0.25, 0.3) is 0 Å². The van der Waals surface area contributed by atoms with E-state index in [4.69, 9.17) is 21.6 Å². The topological polar surface area (TPSA) is 58.8 Å². The van der Waals surface area contributed by atoms with Crippen molar-refractivity contribution in [1.29, 1.82) is 5.26 Å². The average molecular weight is 354 g/mol. The number of aromatic nitrogens is 2. The number of ether oxygens (including phenoxy) is 1. The Labute approximate surface area is 149 Å². The molecule has 0 radical (unpaired) electrons. The summed E-state index contributed by atoms with van der Waals surface area (Å²) in [5.41, 5.74) is 1.66. The van der Waals surface area contributed by atoms with E-state index in [1.54, 1.807) is 18.3 Å². The molecule has 0 saturated carbocycles. The Morgan fingerprint density at radius 2 is 1.83 bits per heavy atom. The van der Waals surface area contributed by atoms with Crippen molar-refractivity contribution in [2.45, 2.75) is 16.4 Å². The smallest absolute Gasteiger partial charge is 0.232 e. The van der Waals surface area contributed by atoms with Gasteiger partial charge in [-0.05, 0) is 41.4 Å². The zero-order chi connectivity index (χ0) is 16.8. The van der Waals surface area contributed by atoms with Crippen molar-refractivity contribution < 1.29 is 4.74 Å². The van der Waals surface area contributed by atoms with Crippen LogP contribution in [0.3, 0.4) is 0 Å². The van der Waals surface area contributed by atoms with Crippen LogP contribution in [-0.4, -0.2) is 9.97 Å². The second-order valence-electron chi connectivity index (χ2n) is 4.82. The molecule has 118 valence electrons. The first-order valence-electron chi connectivity index (χ1n) is 7.12. The molecule has 0 aliphatic rings. The SMILES string of the molecule is N#Cc1ccc(Sc2cnc(Cl)nc2OCc2ccccc2)cc1. The lowest BCUT2D eigenvalue weighted by Gasteiger charge is -2.10. The number of halogens is 1. The zero-order valence-corrected chi connectivity index (χ0v) is 14.1. The highest BCUT2D eigenvalue weighted by Crippen LogP contribution is 2.34. The van der Waals surface area contributed by atoms with Gasteiger partial charge < -0.3 is 4.74 Å². The van der Waals surface area contributed by atoms with Gasteiger partial charge in [-0.3, -0.25) is 0 Å². The predicted molar refractivity (Wildman–Crippen MR) is 93.1 cm³/mol. The standard InChI is InChI=1S/C18H12ClN3OS/c19-18-21-11-16(24-15-8-6-13(10-20)7-9-15)17(22-18)23-12-14-4-2-1-3-5-14/h1-9,11H,12H2. The molecule has 0 amide bonds. The Balaban J connectivity index is 1.78. The van der Waals surface area contributed by atoms with Crippen molar-refractivity contribution in [1.82, 2.24) is 9.97 Å². The molecule has 0 unspecified atom stereocenters. The maximum Gasteiger partial charge on any atom is 0.232 e. The molecule has 1 aromatic heterocycles. The molecular formula is C18H12ClN3OS. The first kappa shape index (κ1) is 16.3. The van der Waals surface area contributed by atoms with Crippen LogP contribution in [-0.2, 0) is 6.61 Å². The molecule has 4 nitrogen and oxygen atoms in total. The minimum Gasteiger partial charge on any atom is -0.472 e. The van der Waals surface area contributed by atoms with E-state index < -0.39 is 0 Å². The third-order valence-corrected chi connectivity index (χ3v) is 4.31. The highest BCUT2D eigenvalue weighted by Gasteiger charge is 2.10. The van der Waals surface area contributed by atoms with Crippen LogP contribution >= 0.6 is 23.4 Å². The summed E-state index contributed by atoms with van der Waals surface area (Å²) in [5.74, 6) is 0.438. The van der Waals surface area contributed by atoms with Gasteiger partial charge in [-0.1, -0.05) is 42.1 Å². The van der Waals surface area contributed by atoms with E-state index in [1.807, 2.05) is 42.5 Å². The average Bonchev–Trinajstić information content (AvgIpc) is 2.63. The largest absolute Gasteiger partial charge is 0.472 e. The van der Waals surface area contributed by atoms with Crippen LogP contribution in [0, 0.1) is 11.3 Å². The molecule has 0 fully saturated rings. The highest BCUT2D eigenvalue weighted by atomic mass is 35.5. The molecule has 0 atom stereocenters. The van der Waals surface area contributed by atoms with Crippen molar-refractivity contribution in [2.75, 3.05) is 0 Å². The van der Waals surface area contributed by atoms with Gasteiger partial charge >= 0.3 is 0 Å². The van der Waals surface area contributed by atoms with Crippen LogP contribution in [0.4, 0.5) is 0 Å². The molecule has 0 N–H and O–H groups in total. The molecule has 1 heterocycles. The van der Waals surface area contributed by atoms with Gasteiger partial charge in [0.1, 0.15) is 6.61 Å². The van der Waals surface area contributed by atoms with Crippen LogP contribution in [0.5, 0.6) is 5.88 Å². The Morgan fingerprint density at radius 3 is 2.54 bits per heavy atom. The minimum atomic E-state index is 0.141. The second-order valence-corrected chi connectivity index (χ2v) is 6.27. The predicted octanol–water partition coefficient (Wildman–Crippen LogP) is 4.73. The molecular weight excluding hydrogens is 342 g/mol. The molecule has 0 saturated heterocycles. The van der Waals surface area contributed by atoms with Gasteiger partial charge in [0.05, 0.1) is 16.5 Å². The molecule has 2 aromatic carbocycles. The molecule has 24 heavy (non-hydrogen) atoms. The van der Waals surface area contributed by atoms with Crippen LogP contribution in [0.2, 0.25) is 5.28 Å². The first-order chi connectivity index (χ1) is 11.7. The molecule has 0 aliphatic heterocycles. The van der Waals surface area contributed by atoms with Crippen molar-refractivity contribution in [3.63, 3.8) is 0 Å². The lowest BCUT2D eigenvalue weighted by Crippen LogP contribution is -1.99. The van der Waals surface area contributed by atoms with Gasteiger partial charge in [0.2, 0.25) is 11.2 Å². The zero-order valence-electron chi connectivity index (χ0n) is 12.5. The highest BCUT2D eigenvalue weighted by molar-refractivity contribution is 7.99. The number of rotatable bonds is 5. The summed E-state index contributed by atoms with van der Waals surface area (Å²) >= 11 is 7.35. The quantitative estimate of drug-likeness (QED) is 0.620. The third kappa shape index (κ3) is 4.25. The molecule has 0 aliphatic carbocycles. The van der Waals surface area contributed by atoms with Crippen LogP contribution < -0.4 is 4.74 Å². The van der Waals surface area contributed by atoms with Crippen molar-refractivity contribution in [3.8, 4) is 11.9 Å². The van der Waals surface area contributed by atoms with E-state index in [-0.39, 0.29) is 5.28 Å². The fourth-order valence-corrected chi connectivity index (χ4v) is 2.91. The molecule has 0 spiro atoms. The lowest BCUT2D eigenvalue weighted by molar-refractivity contribution is 0.285. The number of nitriles is 1. The number of nitrogens with zero attached hydrogens (tertiary/aromatic N) is 3. The lowest BCUT2D eigenvalue weighted by atomic mass is 10.2. The first-order valence-corrected chi connectivity index (χ1v) is 8.31. The second kappa shape index (κ2) is 7.82. The van der Waals surface area contributed by atoms with Crippen LogP contribution in [0.1, 0.15) is 11.1 Å². The van der Waals surface area contributed by atoms with E-state index in [2.05, 4.69) is 16.0 Å². The number of hydrogen-bond donors (Lipinski definition) is 0. The number of hydrogen-bond acceptors (Lipinski definition) is 5. The molecule has 0 bridgehead atoms. The van der Waals surface area contributed by atoms with E-state index >= 15 is 0 Å². The van der Waals surface area contributed by atoms with Crippen molar-refractivity contribution in [2.24, 2.45) is 0 Å². The summed E-state index contributed by atoms with van der Waals surface area (Å²) < 4.78 is 5.81. The van der Waals surface area contributed by atoms with Gasteiger partial charge in [-0.25, -0.2) is 4.98 Å². The van der Waals surface area contributed by atoms with Gasteiger partial charge in [-0.2, -0.15) is 10.2 Å². The molecule has 3 aromatic rings. The summed E-state index contributed by atoms with van der Waals surface area (Å²) in [4.78, 5) is 9.93. The summed E-state index contributed by atoms with van der Waals surface area (Å²) in [7, 11) is 0. The monoisotopic (exact) mass is 353 g/mol. The maximum absolute atomic E-state index is 8.86. The summed E-state index contributed by atoms with van der Waals surface area (Å²) in [6.45, 7) is 0.398. The maximum atomic E-state index is 8.86.